The molecule has 0 atom stereocenters. The molecule has 1 aromatic rings. The van der Waals surface area contributed by atoms with E-state index in [1.165, 1.54) is 11.6 Å². The van der Waals surface area contributed by atoms with Gasteiger partial charge >= 0.3 is 0 Å². The van der Waals surface area contributed by atoms with Gasteiger partial charge in [-0.3, -0.25) is 0 Å². The number of aryl methyl sites for hydroxylation is 1. The number of benzene rings is 1. The first-order valence-electron chi connectivity index (χ1n) is 8.39. The van der Waals surface area contributed by atoms with Gasteiger partial charge in [0.25, 0.3) is 0 Å². The number of allylic oxidation sites excluding steroid dienone is 2. The van der Waals surface area contributed by atoms with Crippen LogP contribution in [0.4, 0.5) is 4.39 Å². The maximum atomic E-state index is 13.4. The Labute approximate surface area is 146 Å². The molecule has 1 rings (SSSR count). The topological polar surface area (TPSA) is 49.9 Å². The lowest BCUT2D eigenvalue weighted by atomic mass is 10.0. The van der Waals surface area contributed by atoms with Crippen molar-refractivity contribution >= 4 is 17.3 Å². The van der Waals surface area contributed by atoms with Crippen LogP contribution in [0.3, 0.4) is 0 Å². The van der Waals surface area contributed by atoms with Crippen LogP contribution in [-0.4, -0.2) is 5.71 Å². The maximum absolute atomic E-state index is 13.4. The minimum Gasteiger partial charge on any atom is -0.326 e. The maximum Gasteiger partial charge on any atom is 0.129 e. The Bertz CT molecular complexity index is 496. The summed E-state index contributed by atoms with van der Waals surface area (Å²) in [5.74, 6) is -0.368. The summed E-state index contributed by atoms with van der Waals surface area (Å²) in [6.07, 6.45) is 4.03. The molecule has 1 aromatic carbocycles. The minimum atomic E-state index is -0.368. The third-order valence-electron chi connectivity index (χ3n) is 3.08. The molecule has 3 N–H and O–H groups in total. The summed E-state index contributed by atoms with van der Waals surface area (Å²) >= 11 is 6.01. The van der Waals surface area contributed by atoms with E-state index in [4.69, 9.17) is 22.7 Å². The molecule has 0 fully saturated rings. The van der Waals surface area contributed by atoms with E-state index >= 15 is 0 Å². The van der Waals surface area contributed by atoms with Gasteiger partial charge in [-0.15, -0.1) is 0 Å². The number of hydrogen-bond acceptors (Lipinski definition) is 2. The van der Waals surface area contributed by atoms with E-state index in [9.17, 15) is 4.39 Å². The van der Waals surface area contributed by atoms with E-state index in [1.54, 1.807) is 6.07 Å². The van der Waals surface area contributed by atoms with Crippen molar-refractivity contribution in [2.75, 3.05) is 0 Å². The van der Waals surface area contributed by atoms with Crippen LogP contribution in [-0.2, 0) is 13.0 Å². The predicted octanol–water partition coefficient (Wildman–Crippen LogP) is 6.30. The first kappa shape index (κ1) is 24.1. The fourth-order valence-electron chi connectivity index (χ4n) is 1.73. The molecule has 0 bridgehead atoms. The Kier molecular flexibility index (Phi) is 15.1. The zero-order valence-electron chi connectivity index (χ0n) is 15.4. The molecule has 0 unspecified atom stereocenters. The number of hydrogen-bond donors (Lipinski definition) is 2. The largest absolute Gasteiger partial charge is 0.326 e. The lowest BCUT2D eigenvalue weighted by Crippen LogP contribution is -2.03. The molecular weight excluding hydrogens is 311 g/mol. The third-order valence-corrected chi connectivity index (χ3v) is 3.43. The first-order chi connectivity index (χ1) is 11.0. The Morgan fingerprint density at radius 2 is 1.78 bits per heavy atom. The molecule has 0 heterocycles. The smallest absolute Gasteiger partial charge is 0.129 e. The normalized spacial score (nSPS) is 10.2. The average Bonchev–Trinajstić information content (AvgIpc) is 2.57. The molecule has 0 amide bonds. The molecule has 23 heavy (non-hydrogen) atoms. The molecule has 0 saturated heterocycles. The van der Waals surface area contributed by atoms with Crippen molar-refractivity contribution in [3.05, 3.63) is 45.7 Å². The minimum absolute atomic E-state index is 0.155. The van der Waals surface area contributed by atoms with E-state index in [-0.39, 0.29) is 12.4 Å². The number of rotatable bonds is 6. The molecule has 2 nitrogen and oxygen atoms in total. The van der Waals surface area contributed by atoms with Crippen molar-refractivity contribution in [1.82, 2.24) is 0 Å². The van der Waals surface area contributed by atoms with Crippen LogP contribution in [0, 0.1) is 11.2 Å². The van der Waals surface area contributed by atoms with Gasteiger partial charge in [-0.25, -0.2) is 4.39 Å². The third kappa shape index (κ3) is 9.52. The van der Waals surface area contributed by atoms with Gasteiger partial charge in [0.1, 0.15) is 5.82 Å². The highest BCUT2D eigenvalue weighted by Crippen LogP contribution is 2.22. The molecule has 132 valence electrons. The Hall–Kier alpha value is -1.19. The zero-order valence-corrected chi connectivity index (χ0v) is 16.1. The van der Waals surface area contributed by atoms with E-state index in [0.717, 1.165) is 12.0 Å². The van der Waals surface area contributed by atoms with Crippen molar-refractivity contribution in [2.24, 2.45) is 5.73 Å². The summed E-state index contributed by atoms with van der Waals surface area (Å²) in [7, 11) is 0. The monoisotopic (exact) mass is 342 g/mol. The highest BCUT2D eigenvalue weighted by Gasteiger charge is 2.08. The second-order valence-corrected chi connectivity index (χ2v) is 5.02. The van der Waals surface area contributed by atoms with E-state index in [1.807, 2.05) is 40.7 Å². The first-order valence-corrected chi connectivity index (χ1v) is 8.77. The summed E-state index contributed by atoms with van der Waals surface area (Å²) in [6.45, 7) is 12.2. The van der Waals surface area contributed by atoms with Gasteiger partial charge in [-0.2, -0.15) is 0 Å². The van der Waals surface area contributed by atoms with Crippen molar-refractivity contribution in [3.63, 3.8) is 0 Å². The van der Waals surface area contributed by atoms with Crippen molar-refractivity contribution < 1.29 is 4.39 Å². The molecule has 0 radical (unpaired) electrons. The van der Waals surface area contributed by atoms with Gasteiger partial charge in [-0.1, -0.05) is 57.9 Å². The van der Waals surface area contributed by atoms with E-state index in [0.29, 0.717) is 29.1 Å². The van der Waals surface area contributed by atoms with Crippen LogP contribution >= 0.6 is 11.6 Å². The van der Waals surface area contributed by atoms with E-state index in [2.05, 4.69) is 6.92 Å². The van der Waals surface area contributed by atoms with Crippen LogP contribution in [0.5, 0.6) is 0 Å². The lowest BCUT2D eigenvalue weighted by molar-refractivity contribution is 0.609. The predicted molar refractivity (Wildman–Crippen MR) is 102 cm³/mol. The molecule has 0 aliphatic heterocycles. The van der Waals surface area contributed by atoms with Crippen LogP contribution in [0.15, 0.2) is 23.8 Å². The van der Waals surface area contributed by atoms with Gasteiger partial charge < -0.3 is 11.1 Å². The zero-order chi connectivity index (χ0) is 18.4. The van der Waals surface area contributed by atoms with Crippen LogP contribution in [0.1, 0.15) is 65.5 Å². The average molecular weight is 343 g/mol. The molecule has 0 aromatic heterocycles. The highest BCUT2D eigenvalue weighted by atomic mass is 35.5. The van der Waals surface area contributed by atoms with E-state index < -0.39 is 0 Å². The molecule has 0 saturated carbocycles. The summed E-state index contributed by atoms with van der Waals surface area (Å²) in [4.78, 5) is 0. The molecular formula is C19H32ClFN2. The fraction of sp³-hybridized carbons (Fsp3) is 0.526. The van der Waals surface area contributed by atoms with Crippen LogP contribution in [0.2, 0.25) is 5.02 Å². The standard InChI is InChI=1S/C15H20ClFN2.2C2H6/c1-3-10(2)6-13(19)5-4-11-7-12(9-18)15(17)8-14(11)16;2*1-2/h6-8,19H,3-5,9,18H2,1-2H3;2*1-2H3/b10-6+,19-13?;;. The van der Waals surface area contributed by atoms with Crippen LogP contribution in [0.25, 0.3) is 0 Å². The summed E-state index contributed by atoms with van der Waals surface area (Å²) in [5, 5.41) is 8.27. The van der Waals surface area contributed by atoms with Crippen molar-refractivity contribution in [3.8, 4) is 0 Å². The van der Waals surface area contributed by atoms with Gasteiger partial charge in [0.05, 0.1) is 0 Å². The number of nitrogens with one attached hydrogen (secondary N) is 1. The van der Waals surface area contributed by atoms with Crippen molar-refractivity contribution in [2.45, 2.75) is 67.3 Å². The van der Waals surface area contributed by atoms with Gasteiger partial charge in [-0.05, 0) is 43.9 Å². The Morgan fingerprint density at radius 1 is 1.22 bits per heavy atom. The Balaban J connectivity index is 0. The summed E-state index contributed by atoms with van der Waals surface area (Å²) in [6, 6.07) is 3.00. The molecule has 0 aliphatic rings. The SMILES string of the molecule is CC.CC.CC/C(C)=C/C(=N)CCc1cc(CN)c(F)cc1Cl. The fourth-order valence-corrected chi connectivity index (χ4v) is 1.98. The van der Waals surface area contributed by atoms with Crippen LogP contribution < -0.4 is 5.73 Å². The van der Waals surface area contributed by atoms with Gasteiger partial charge in [0.2, 0.25) is 0 Å². The quantitative estimate of drug-likeness (QED) is 0.585. The molecule has 0 spiro atoms. The van der Waals surface area contributed by atoms with Gasteiger partial charge in [0, 0.05) is 22.8 Å². The number of halogens is 2. The highest BCUT2D eigenvalue weighted by molar-refractivity contribution is 6.31. The lowest BCUT2D eigenvalue weighted by Gasteiger charge is -2.08. The summed E-state index contributed by atoms with van der Waals surface area (Å²) in [5.41, 5.74) is 8.52. The van der Waals surface area contributed by atoms with Crippen molar-refractivity contribution in [1.29, 1.82) is 5.41 Å². The Morgan fingerprint density at radius 3 is 2.26 bits per heavy atom. The number of nitrogens with two attached hydrogens (primary N) is 1. The van der Waals surface area contributed by atoms with Gasteiger partial charge in [0.15, 0.2) is 0 Å². The second kappa shape index (κ2) is 14.4. The second-order valence-electron chi connectivity index (χ2n) is 4.61. The molecule has 0 aliphatic carbocycles. The molecule has 4 heteroatoms. The summed E-state index contributed by atoms with van der Waals surface area (Å²) < 4.78 is 13.4.